The summed E-state index contributed by atoms with van der Waals surface area (Å²) in [5, 5.41) is 20.4. The Hall–Kier alpha value is -4.24. The molecule has 2 aromatic rings. The smallest absolute Gasteiger partial charge is 0.341 e. The van der Waals surface area contributed by atoms with Gasteiger partial charge in [0.05, 0.1) is 17.5 Å². The van der Waals surface area contributed by atoms with Crippen LogP contribution in [-0.4, -0.2) is 41.1 Å². The highest BCUT2D eigenvalue weighted by molar-refractivity contribution is 6.08. The molecular weight excluding hydrogens is 634 g/mol. The van der Waals surface area contributed by atoms with Crippen molar-refractivity contribution >= 4 is 23.0 Å². The predicted octanol–water partition coefficient (Wildman–Crippen LogP) is 8.53. The highest BCUT2D eigenvalue weighted by Gasteiger charge is 2.50. The van der Waals surface area contributed by atoms with Crippen LogP contribution in [0, 0.1) is 11.3 Å². The van der Waals surface area contributed by atoms with E-state index in [0.29, 0.717) is 17.7 Å². The van der Waals surface area contributed by atoms with E-state index in [1.807, 2.05) is 24.3 Å². The number of halogens is 2. The summed E-state index contributed by atoms with van der Waals surface area (Å²) in [7, 11) is 0. The number of alkyl halides is 2. The SMILES string of the molecule is CC1=CN=C(C2CCCCC(C)(C3(C)NC(C)=C(c4ccc(C(F)F)cc4)N3)CC2)C2=C(CC1)C1NC1C(c1ccc(OCC(=O)O)cc1)=C2. The molecule has 0 amide bonds. The van der Waals surface area contributed by atoms with Crippen LogP contribution in [0.1, 0.15) is 102 Å². The van der Waals surface area contributed by atoms with Crippen molar-refractivity contribution in [2.45, 2.75) is 103 Å². The van der Waals surface area contributed by atoms with Gasteiger partial charge in [-0.3, -0.25) is 10.3 Å². The topological polar surface area (TPSA) is 105 Å². The molecule has 3 aliphatic heterocycles. The van der Waals surface area contributed by atoms with Crippen LogP contribution in [0.25, 0.3) is 11.3 Å². The van der Waals surface area contributed by atoms with Crippen molar-refractivity contribution in [3.8, 4) is 5.75 Å². The lowest BCUT2D eigenvalue weighted by Gasteiger charge is -2.47. The molecule has 0 aromatic heterocycles. The number of aliphatic carboxylic acids is 1. The average Bonchev–Trinajstić information content (AvgIpc) is 3.81. The van der Waals surface area contributed by atoms with Crippen LogP contribution in [0.2, 0.25) is 0 Å². The van der Waals surface area contributed by atoms with Gasteiger partial charge in [0.25, 0.3) is 6.43 Å². The van der Waals surface area contributed by atoms with Gasteiger partial charge in [-0.05, 0) is 105 Å². The van der Waals surface area contributed by atoms with Gasteiger partial charge in [-0.1, -0.05) is 61.7 Å². The number of ether oxygens (including phenoxy) is 1. The first-order valence-electron chi connectivity index (χ1n) is 18.0. The van der Waals surface area contributed by atoms with E-state index in [2.05, 4.69) is 55.9 Å². The number of hydrogen-bond donors (Lipinski definition) is 4. The number of rotatable bonds is 8. The molecule has 0 radical (unpaired) electrons. The van der Waals surface area contributed by atoms with E-state index in [9.17, 15) is 13.6 Å². The van der Waals surface area contributed by atoms with Gasteiger partial charge < -0.3 is 20.5 Å². The zero-order valence-electron chi connectivity index (χ0n) is 29.4. The quantitative estimate of drug-likeness (QED) is 0.208. The van der Waals surface area contributed by atoms with Crippen LogP contribution >= 0.6 is 0 Å². The van der Waals surface area contributed by atoms with Crippen molar-refractivity contribution in [1.29, 1.82) is 0 Å². The van der Waals surface area contributed by atoms with Gasteiger partial charge in [0.1, 0.15) is 11.4 Å². The number of nitrogens with zero attached hydrogens (tertiary/aromatic N) is 1. The van der Waals surface area contributed by atoms with Crippen molar-refractivity contribution in [3.05, 3.63) is 99.9 Å². The Morgan fingerprint density at radius 3 is 2.42 bits per heavy atom. The van der Waals surface area contributed by atoms with Crippen molar-refractivity contribution in [2.75, 3.05) is 6.61 Å². The molecule has 5 aliphatic rings. The zero-order chi connectivity index (χ0) is 35.2. The number of aliphatic imine (C=N–C) groups is 1. The highest BCUT2D eigenvalue weighted by atomic mass is 19.3. The fraction of sp³-hybridized carbons (Fsp3) is 0.463. The number of allylic oxidation sites excluding steroid dienone is 4. The maximum Gasteiger partial charge on any atom is 0.341 e. The molecule has 2 aromatic carbocycles. The number of carboxylic acids is 1. The predicted molar refractivity (Wildman–Crippen MR) is 194 cm³/mol. The molecule has 2 fully saturated rings. The lowest BCUT2D eigenvalue weighted by molar-refractivity contribution is -0.139. The lowest BCUT2D eigenvalue weighted by atomic mass is 9.66. The molecule has 1 saturated carbocycles. The molecule has 7 nitrogen and oxygen atoms in total. The summed E-state index contributed by atoms with van der Waals surface area (Å²) in [6.45, 7) is 8.53. The largest absolute Gasteiger partial charge is 0.482 e. The molecule has 3 heterocycles. The third-order valence-corrected chi connectivity index (χ3v) is 11.8. The molecule has 7 rings (SSSR count). The first-order valence-corrected chi connectivity index (χ1v) is 18.0. The van der Waals surface area contributed by atoms with E-state index >= 15 is 0 Å². The Balaban J connectivity index is 1.14. The number of carbonyl (C=O) groups is 1. The van der Waals surface area contributed by atoms with Crippen molar-refractivity contribution < 1.29 is 23.4 Å². The third-order valence-electron chi connectivity index (χ3n) is 11.8. The molecule has 50 heavy (non-hydrogen) atoms. The van der Waals surface area contributed by atoms with Crippen molar-refractivity contribution in [2.24, 2.45) is 16.3 Å². The van der Waals surface area contributed by atoms with Gasteiger partial charge in [0, 0.05) is 34.8 Å². The molecule has 0 spiro atoms. The minimum absolute atomic E-state index is 0.0348. The summed E-state index contributed by atoms with van der Waals surface area (Å²) in [6.07, 6.45) is 10.4. The molecule has 264 valence electrons. The fourth-order valence-corrected chi connectivity index (χ4v) is 8.51. The molecule has 5 atom stereocenters. The van der Waals surface area contributed by atoms with Gasteiger partial charge in [-0.2, -0.15) is 0 Å². The van der Waals surface area contributed by atoms with E-state index in [4.69, 9.17) is 14.8 Å². The van der Waals surface area contributed by atoms with Crippen LogP contribution < -0.4 is 20.7 Å². The maximum absolute atomic E-state index is 13.3. The number of hydrogen-bond acceptors (Lipinski definition) is 6. The van der Waals surface area contributed by atoms with Gasteiger partial charge in [-0.15, -0.1) is 0 Å². The summed E-state index contributed by atoms with van der Waals surface area (Å²) < 4.78 is 31.9. The van der Waals surface area contributed by atoms with Gasteiger partial charge in [0.2, 0.25) is 0 Å². The maximum atomic E-state index is 13.3. The van der Waals surface area contributed by atoms with Crippen LogP contribution in [0.3, 0.4) is 0 Å². The average molecular weight is 683 g/mol. The molecule has 1 saturated heterocycles. The lowest BCUT2D eigenvalue weighted by Crippen LogP contribution is -2.59. The van der Waals surface area contributed by atoms with Crippen LogP contribution in [0.15, 0.2) is 88.2 Å². The number of benzene rings is 2. The molecule has 9 heteroatoms. The summed E-state index contributed by atoms with van der Waals surface area (Å²) in [6, 6.07) is 14.9. The Morgan fingerprint density at radius 2 is 1.70 bits per heavy atom. The van der Waals surface area contributed by atoms with E-state index in [-0.39, 0.29) is 23.6 Å². The van der Waals surface area contributed by atoms with E-state index in [1.165, 1.54) is 40.1 Å². The van der Waals surface area contributed by atoms with Crippen LogP contribution in [0.4, 0.5) is 8.78 Å². The van der Waals surface area contributed by atoms with Crippen molar-refractivity contribution in [1.82, 2.24) is 16.0 Å². The van der Waals surface area contributed by atoms with E-state index in [1.54, 1.807) is 12.1 Å². The monoisotopic (exact) mass is 682 g/mol. The Kier molecular flexibility index (Phi) is 9.22. The minimum atomic E-state index is -2.48. The number of fused-ring (bicyclic) bond motifs is 2. The summed E-state index contributed by atoms with van der Waals surface area (Å²) in [5.41, 5.74) is 10.1. The van der Waals surface area contributed by atoms with Crippen LogP contribution in [0.5, 0.6) is 5.75 Å². The third kappa shape index (κ3) is 6.64. The molecular formula is C41H48F2N4O3. The normalized spacial score (nSPS) is 29.6. The Labute approximate surface area is 293 Å². The van der Waals surface area contributed by atoms with Gasteiger partial charge >= 0.3 is 5.97 Å². The second-order valence-corrected chi connectivity index (χ2v) is 15.2. The Morgan fingerprint density at radius 1 is 0.960 bits per heavy atom. The van der Waals surface area contributed by atoms with Gasteiger partial charge in [0.15, 0.2) is 6.61 Å². The fourth-order valence-electron chi connectivity index (χ4n) is 8.51. The molecule has 0 bridgehead atoms. The number of nitrogens with one attached hydrogen (secondary N) is 3. The standard InChI is InChI=1S/C41H48F2N4O3/c1-24-8-17-31-33(21-32(38-37(31)45-38)26-13-15-30(16-14-26)50-23-34(48)49)36(44-22-24)27-7-5-6-19-40(3,20-18-27)41(4)46-25(2)35(47-41)28-9-11-29(12-10-28)39(42)43/h9-16,21-22,27,37-39,45-47H,5-8,17-20,23H2,1-4H3,(H,48,49). The Bertz CT molecular complexity index is 1810. The first kappa shape index (κ1) is 34.2. The highest BCUT2D eigenvalue weighted by Crippen LogP contribution is 2.48. The first-order chi connectivity index (χ1) is 23.9. The van der Waals surface area contributed by atoms with Gasteiger partial charge in [-0.25, -0.2) is 13.6 Å². The summed E-state index contributed by atoms with van der Waals surface area (Å²) >= 11 is 0. The molecule has 2 aliphatic carbocycles. The second-order valence-electron chi connectivity index (χ2n) is 15.2. The summed E-state index contributed by atoms with van der Waals surface area (Å²) in [4.78, 5) is 16.3. The molecule has 4 N–H and O–H groups in total. The summed E-state index contributed by atoms with van der Waals surface area (Å²) in [5.74, 6) is -0.146. The van der Waals surface area contributed by atoms with E-state index in [0.717, 1.165) is 73.9 Å². The second kappa shape index (κ2) is 13.5. The number of carboxylic acid groups (broad SMARTS) is 1. The van der Waals surface area contributed by atoms with E-state index < -0.39 is 18.1 Å². The zero-order valence-corrected chi connectivity index (χ0v) is 29.4. The minimum Gasteiger partial charge on any atom is -0.482 e. The molecule has 5 unspecified atom stereocenters. The van der Waals surface area contributed by atoms with Crippen molar-refractivity contribution in [3.63, 3.8) is 0 Å². The van der Waals surface area contributed by atoms with Crippen LogP contribution in [-0.2, 0) is 4.79 Å².